The fraction of sp³-hybridized carbons (Fsp3) is 0.333. The number of benzene rings is 3. The smallest absolute Gasteiger partial charge is 0.120 e. The van der Waals surface area contributed by atoms with Crippen LogP contribution < -0.4 is 0 Å². The molecular formula is C48H50IrN4O-2. The Labute approximate surface area is 351 Å². The van der Waals surface area contributed by atoms with Gasteiger partial charge >= 0.3 is 0 Å². The third-order valence-electron chi connectivity index (χ3n) is 9.56. The largest absolute Gasteiger partial charge is 0.501 e. The SMILES string of the molecule is [2H]C([2H])([2H])c1ccc(-c2cnc(C([2H])([2H])C(C)(C)C)cn2)[c-]n1.[2H]C([2H])([2H])c1cnc(-c2[c-]ccc3c2oc2ccccc23)cc1-c1ccc(C2([2H])CCC(C)(C)CC2)cc1C([2H])([2H])[2H].[Ir]. The van der Waals surface area contributed by atoms with E-state index in [9.17, 15) is 1.37 Å². The Kier molecular flexibility index (Phi) is 7.83. The van der Waals surface area contributed by atoms with Gasteiger partial charge in [-0.3, -0.25) is 4.98 Å². The molecule has 1 saturated carbocycles. The topological polar surface area (TPSA) is 64.7 Å². The summed E-state index contributed by atoms with van der Waals surface area (Å²) in [6.45, 7) is 2.46. The average molecular weight is 903 g/mol. The van der Waals surface area contributed by atoms with Crippen LogP contribution in [0.25, 0.3) is 55.6 Å². The van der Waals surface area contributed by atoms with Gasteiger partial charge in [0.15, 0.2) is 0 Å². The van der Waals surface area contributed by atoms with Gasteiger partial charge in [0.1, 0.15) is 5.58 Å². The van der Waals surface area contributed by atoms with Crippen molar-refractivity contribution < 1.29 is 41.0 Å². The summed E-state index contributed by atoms with van der Waals surface area (Å²) in [5, 5.41) is 1.82. The van der Waals surface area contributed by atoms with E-state index in [1.54, 1.807) is 57.2 Å². The first-order valence-electron chi connectivity index (χ1n) is 23.8. The molecule has 3 aromatic carbocycles. The molecule has 5 nitrogen and oxygen atoms in total. The number of hydrogen-bond acceptors (Lipinski definition) is 5. The van der Waals surface area contributed by atoms with E-state index in [-0.39, 0.29) is 53.6 Å². The van der Waals surface area contributed by atoms with Crippen LogP contribution in [0.15, 0.2) is 95.8 Å². The Hall–Kier alpha value is -4.51. The van der Waals surface area contributed by atoms with E-state index in [4.69, 9.17) is 19.5 Å². The number of furan rings is 1. The first kappa shape index (κ1) is 26.3. The summed E-state index contributed by atoms with van der Waals surface area (Å²) in [4.78, 5) is 16.7. The summed E-state index contributed by atoms with van der Waals surface area (Å²) < 4.78 is 104. The molecule has 279 valence electrons. The van der Waals surface area contributed by atoms with Gasteiger partial charge in [-0.2, -0.15) is 0 Å². The predicted octanol–water partition coefficient (Wildman–Crippen LogP) is 12.6. The van der Waals surface area contributed by atoms with Crippen LogP contribution >= 0.6 is 0 Å². The summed E-state index contributed by atoms with van der Waals surface area (Å²) in [6.07, 6.45) is 8.19. The second-order valence-corrected chi connectivity index (χ2v) is 15.4. The molecule has 4 heterocycles. The van der Waals surface area contributed by atoms with Crippen LogP contribution in [-0.2, 0) is 26.5 Å². The molecule has 1 aliphatic rings. The normalized spacial score (nSPS) is 19.2. The third-order valence-corrected chi connectivity index (χ3v) is 9.56. The molecule has 0 unspecified atom stereocenters. The minimum Gasteiger partial charge on any atom is -0.501 e. The van der Waals surface area contributed by atoms with Crippen molar-refractivity contribution in [2.75, 3.05) is 0 Å². The van der Waals surface area contributed by atoms with Gasteiger partial charge in [-0.05, 0) is 114 Å². The van der Waals surface area contributed by atoms with E-state index in [1.165, 1.54) is 24.7 Å². The first-order valence-corrected chi connectivity index (χ1v) is 17.8. The number of aromatic nitrogens is 4. The number of rotatable bonds is 5. The maximum Gasteiger partial charge on any atom is 0.120 e. The number of nitrogens with zero attached hydrogens (tertiary/aromatic N) is 4. The molecule has 1 fully saturated rings. The van der Waals surface area contributed by atoms with Crippen molar-refractivity contribution in [3.05, 3.63) is 132 Å². The molecule has 4 aromatic heterocycles. The van der Waals surface area contributed by atoms with Crippen molar-refractivity contribution in [1.82, 2.24) is 19.9 Å². The molecule has 7 aromatic rings. The maximum absolute atomic E-state index is 9.23. The van der Waals surface area contributed by atoms with E-state index in [0.717, 1.165) is 23.6 Å². The minimum absolute atomic E-state index is 0. The molecule has 8 rings (SSSR count). The first-order chi connectivity index (χ1) is 30.1. The van der Waals surface area contributed by atoms with Gasteiger partial charge in [0.2, 0.25) is 0 Å². The number of pyridine rings is 2. The Morgan fingerprint density at radius 1 is 0.852 bits per heavy atom. The van der Waals surface area contributed by atoms with Gasteiger partial charge in [0, 0.05) is 66.2 Å². The second-order valence-electron chi connectivity index (χ2n) is 15.4. The van der Waals surface area contributed by atoms with Crippen molar-refractivity contribution in [2.45, 2.75) is 93.1 Å². The summed E-state index contributed by atoms with van der Waals surface area (Å²) in [7, 11) is 0. The zero-order chi connectivity index (χ0) is 47.5. The Balaban J connectivity index is 0.000000255. The number of para-hydroxylation sites is 1. The molecule has 0 aliphatic heterocycles. The van der Waals surface area contributed by atoms with Crippen molar-refractivity contribution in [3.8, 4) is 33.6 Å². The summed E-state index contributed by atoms with van der Waals surface area (Å²) in [5.74, 6) is -0.893. The van der Waals surface area contributed by atoms with Crippen molar-refractivity contribution in [2.24, 2.45) is 10.8 Å². The van der Waals surface area contributed by atoms with Crippen LogP contribution in [0.4, 0.5) is 0 Å². The molecule has 0 N–H and O–H groups in total. The standard InChI is InChI=1S/C33H32NO.C15H18N3.Ir/c1-21-18-24(23-14-16-33(3,4)17-15-23)12-13-25(21)29-19-30(34-20-22(29)2)28-10-7-9-27-26-8-5-6-11-31(26)35-32(27)28;1-11-5-6-12(8-16-11)14-10-17-13(9-18-14)7-15(2,3)4;/h5-9,11-13,18-20,23H,14-17H2,1-4H3;5-6,9-10H,7H2,1-4H3;/q2*-1;/i1D3,2D3,23D;1D3,7D2;. The summed E-state index contributed by atoms with van der Waals surface area (Å²) in [6, 6.07) is 24.2. The fourth-order valence-electron chi connectivity index (χ4n) is 6.63. The van der Waals surface area contributed by atoms with E-state index in [0.29, 0.717) is 57.6 Å². The molecule has 6 heteroatoms. The van der Waals surface area contributed by atoms with E-state index in [1.807, 2.05) is 30.3 Å². The van der Waals surface area contributed by atoms with Gasteiger partial charge in [-0.15, -0.1) is 35.9 Å². The third kappa shape index (κ3) is 8.88. The minimum atomic E-state index is -2.54. The van der Waals surface area contributed by atoms with E-state index in [2.05, 4.69) is 46.0 Å². The maximum atomic E-state index is 9.23. The molecular weight excluding hydrogens is 841 g/mol. The van der Waals surface area contributed by atoms with E-state index < -0.39 is 38.2 Å². The van der Waals surface area contributed by atoms with Crippen LogP contribution in [0.1, 0.15) is 111 Å². The van der Waals surface area contributed by atoms with Crippen LogP contribution in [0.5, 0.6) is 0 Å². The van der Waals surface area contributed by atoms with Gasteiger partial charge in [-0.1, -0.05) is 94.9 Å². The zero-order valence-corrected chi connectivity index (χ0v) is 33.4. The summed E-state index contributed by atoms with van der Waals surface area (Å²) >= 11 is 0. The monoisotopic (exact) mass is 903 g/mol. The van der Waals surface area contributed by atoms with Crippen molar-refractivity contribution >= 4 is 21.9 Å². The van der Waals surface area contributed by atoms with Gasteiger partial charge in [0.05, 0.1) is 11.3 Å². The molecule has 0 bridgehead atoms. The average Bonchev–Trinajstić information content (AvgIpc) is 3.62. The second kappa shape index (κ2) is 16.1. The Morgan fingerprint density at radius 3 is 2.35 bits per heavy atom. The zero-order valence-electron chi connectivity index (χ0n) is 43.0. The molecule has 0 atom stereocenters. The molecule has 1 radical (unpaired) electrons. The molecule has 0 saturated heterocycles. The molecule has 0 amide bonds. The van der Waals surface area contributed by atoms with Crippen LogP contribution in [0, 0.1) is 43.6 Å². The van der Waals surface area contributed by atoms with Crippen molar-refractivity contribution in [3.63, 3.8) is 0 Å². The Bertz CT molecular complexity index is 2830. The van der Waals surface area contributed by atoms with Gasteiger partial charge in [0.25, 0.3) is 0 Å². The van der Waals surface area contributed by atoms with Crippen LogP contribution in [-0.4, -0.2) is 19.9 Å². The van der Waals surface area contributed by atoms with Crippen molar-refractivity contribution in [1.29, 1.82) is 0 Å². The number of aryl methyl sites for hydroxylation is 3. The Morgan fingerprint density at radius 2 is 1.65 bits per heavy atom. The molecule has 1 aliphatic carbocycles. The van der Waals surface area contributed by atoms with Gasteiger partial charge in [-0.25, -0.2) is 0 Å². The van der Waals surface area contributed by atoms with Crippen LogP contribution in [0.3, 0.4) is 0 Å². The van der Waals surface area contributed by atoms with Gasteiger partial charge < -0.3 is 19.4 Å². The fourth-order valence-corrected chi connectivity index (χ4v) is 6.63. The number of hydrogen-bond donors (Lipinski definition) is 0. The number of fused-ring (bicyclic) bond motifs is 3. The van der Waals surface area contributed by atoms with Crippen LogP contribution in [0.2, 0.25) is 0 Å². The summed E-state index contributed by atoms with van der Waals surface area (Å²) in [5.41, 5.74) is 4.20. The quantitative estimate of drug-likeness (QED) is 0.161. The van der Waals surface area contributed by atoms with E-state index >= 15 is 0 Å². The molecule has 54 heavy (non-hydrogen) atoms. The molecule has 0 spiro atoms. The predicted molar refractivity (Wildman–Crippen MR) is 218 cm³/mol.